The molecule has 2 N–H and O–H groups in total. The lowest BCUT2D eigenvalue weighted by molar-refractivity contribution is 0.238. The van der Waals surface area contributed by atoms with Gasteiger partial charge in [-0.2, -0.15) is 5.10 Å². The van der Waals surface area contributed by atoms with Gasteiger partial charge >= 0.3 is 0 Å². The monoisotopic (exact) mass is 195 g/mol. The van der Waals surface area contributed by atoms with Crippen LogP contribution in [0, 0.1) is 0 Å². The Kier molecular flexibility index (Phi) is 4.35. The molecule has 0 saturated carbocycles. The molecule has 0 aliphatic heterocycles. The summed E-state index contributed by atoms with van der Waals surface area (Å²) < 4.78 is 1.66. The second kappa shape index (κ2) is 5.57. The van der Waals surface area contributed by atoms with E-state index in [-0.39, 0.29) is 12.6 Å². The molecule has 78 valence electrons. The Morgan fingerprint density at radius 2 is 2.57 bits per heavy atom. The quantitative estimate of drug-likeness (QED) is 0.707. The van der Waals surface area contributed by atoms with Crippen LogP contribution in [0.4, 0.5) is 0 Å². The van der Waals surface area contributed by atoms with Crippen LogP contribution in [-0.2, 0) is 6.54 Å². The van der Waals surface area contributed by atoms with Gasteiger partial charge in [0, 0.05) is 30.5 Å². The summed E-state index contributed by atoms with van der Waals surface area (Å²) in [5, 5.41) is 16.3. The molecule has 14 heavy (non-hydrogen) atoms. The first kappa shape index (κ1) is 10.9. The predicted octanol–water partition coefficient (Wildman–Crippen LogP) is 0.844. The maximum atomic E-state index is 8.96. The lowest BCUT2D eigenvalue weighted by atomic mass is 10.2. The first-order valence-corrected chi connectivity index (χ1v) is 4.80. The van der Waals surface area contributed by atoms with Gasteiger partial charge in [-0.1, -0.05) is 13.5 Å². The molecule has 1 atom stereocenters. The standard InChI is InChI=1S/C10H17N3O/c1-3-10(8-14)11-5-9-6-12-13(4-2)7-9/h4,6-7,10-11,14H,2-3,5,8H2,1H3/t10-/m1/s1. The van der Waals surface area contributed by atoms with E-state index >= 15 is 0 Å². The number of rotatable bonds is 6. The fourth-order valence-corrected chi connectivity index (χ4v) is 1.17. The van der Waals surface area contributed by atoms with Gasteiger partial charge in [0.05, 0.1) is 12.8 Å². The number of nitrogens with zero attached hydrogens (tertiary/aromatic N) is 2. The van der Waals surface area contributed by atoms with E-state index in [1.165, 1.54) is 0 Å². The van der Waals surface area contributed by atoms with Crippen molar-refractivity contribution >= 4 is 6.20 Å². The molecular formula is C10H17N3O. The van der Waals surface area contributed by atoms with E-state index in [1.54, 1.807) is 17.1 Å². The smallest absolute Gasteiger partial charge is 0.0584 e. The molecule has 0 radical (unpaired) electrons. The highest BCUT2D eigenvalue weighted by atomic mass is 16.3. The predicted molar refractivity (Wildman–Crippen MR) is 56.6 cm³/mol. The average Bonchev–Trinajstić information content (AvgIpc) is 2.67. The van der Waals surface area contributed by atoms with Gasteiger partial charge in [0.1, 0.15) is 0 Å². The van der Waals surface area contributed by atoms with Crippen molar-refractivity contribution in [2.75, 3.05) is 6.61 Å². The number of aromatic nitrogens is 2. The van der Waals surface area contributed by atoms with Crippen LogP contribution in [0.2, 0.25) is 0 Å². The second-order valence-corrected chi connectivity index (χ2v) is 3.18. The Hall–Kier alpha value is -1.13. The molecule has 0 unspecified atom stereocenters. The van der Waals surface area contributed by atoms with Crippen LogP contribution in [0.15, 0.2) is 19.0 Å². The summed E-state index contributed by atoms with van der Waals surface area (Å²) in [7, 11) is 0. The fourth-order valence-electron chi connectivity index (χ4n) is 1.17. The Balaban J connectivity index is 2.40. The van der Waals surface area contributed by atoms with Gasteiger partial charge in [-0.15, -0.1) is 0 Å². The minimum absolute atomic E-state index is 0.169. The van der Waals surface area contributed by atoms with E-state index in [4.69, 9.17) is 5.11 Å². The van der Waals surface area contributed by atoms with Crippen LogP contribution in [0.5, 0.6) is 0 Å². The number of hydrogen-bond acceptors (Lipinski definition) is 3. The highest BCUT2D eigenvalue weighted by Crippen LogP contribution is 1.99. The van der Waals surface area contributed by atoms with E-state index < -0.39 is 0 Å². The number of aliphatic hydroxyl groups excluding tert-OH is 1. The van der Waals surface area contributed by atoms with Crippen LogP contribution in [0.25, 0.3) is 6.20 Å². The molecule has 0 bridgehead atoms. The number of nitrogens with one attached hydrogen (secondary N) is 1. The van der Waals surface area contributed by atoms with E-state index in [1.807, 2.05) is 13.1 Å². The van der Waals surface area contributed by atoms with Crippen LogP contribution in [0.3, 0.4) is 0 Å². The zero-order valence-corrected chi connectivity index (χ0v) is 8.48. The van der Waals surface area contributed by atoms with Gasteiger partial charge in [-0.3, -0.25) is 0 Å². The third-order valence-corrected chi connectivity index (χ3v) is 2.15. The van der Waals surface area contributed by atoms with Crippen molar-refractivity contribution in [2.45, 2.75) is 25.9 Å². The summed E-state index contributed by atoms with van der Waals surface area (Å²) in [5.74, 6) is 0. The lowest BCUT2D eigenvalue weighted by Crippen LogP contribution is -2.30. The number of hydrogen-bond donors (Lipinski definition) is 2. The Morgan fingerprint density at radius 3 is 3.07 bits per heavy atom. The largest absolute Gasteiger partial charge is 0.395 e. The van der Waals surface area contributed by atoms with Gasteiger partial charge in [-0.05, 0) is 6.42 Å². The Morgan fingerprint density at radius 1 is 1.79 bits per heavy atom. The van der Waals surface area contributed by atoms with Gasteiger partial charge in [0.15, 0.2) is 0 Å². The molecule has 1 rings (SSSR count). The Labute approximate surface area is 84.2 Å². The zero-order valence-electron chi connectivity index (χ0n) is 8.48. The molecule has 0 spiro atoms. The minimum atomic E-state index is 0.169. The van der Waals surface area contributed by atoms with Gasteiger partial charge in [-0.25, -0.2) is 4.68 Å². The molecule has 0 aliphatic rings. The van der Waals surface area contributed by atoms with Crippen LogP contribution in [0.1, 0.15) is 18.9 Å². The third kappa shape index (κ3) is 2.97. The topological polar surface area (TPSA) is 50.1 Å². The summed E-state index contributed by atoms with van der Waals surface area (Å²) >= 11 is 0. The molecule has 1 heterocycles. The van der Waals surface area contributed by atoms with Crippen LogP contribution >= 0.6 is 0 Å². The molecule has 0 amide bonds. The van der Waals surface area contributed by atoms with Crippen molar-refractivity contribution in [2.24, 2.45) is 0 Å². The fraction of sp³-hybridized carbons (Fsp3) is 0.500. The van der Waals surface area contributed by atoms with Crippen molar-refractivity contribution in [1.82, 2.24) is 15.1 Å². The van der Waals surface area contributed by atoms with Crippen LogP contribution < -0.4 is 5.32 Å². The molecule has 0 aromatic carbocycles. The van der Waals surface area contributed by atoms with E-state index in [9.17, 15) is 0 Å². The van der Waals surface area contributed by atoms with E-state index in [2.05, 4.69) is 17.0 Å². The van der Waals surface area contributed by atoms with Crippen molar-refractivity contribution in [3.05, 3.63) is 24.5 Å². The SMILES string of the molecule is C=Cn1cc(CN[C@H](CC)CO)cn1. The molecule has 4 heteroatoms. The zero-order chi connectivity index (χ0) is 10.4. The highest BCUT2D eigenvalue weighted by Gasteiger charge is 2.03. The van der Waals surface area contributed by atoms with E-state index in [0.717, 1.165) is 18.5 Å². The maximum absolute atomic E-state index is 8.96. The highest BCUT2D eigenvalue weighted by molar-refractivity contribution is 5.17. The van der Waals surface area contributed by atoms with Crippen molar-refractivity contribution in [3.8, 4) is 0 Å². The Bertz CT molecular complexity index is 279. The van der Waals surface area contributed by atoms with Gasteiger partial charge in [0.25, 0.3) is 0 Å². The van der Waals surface area contributed by atoms with Crippen LogP contribution in [-0.4, -0.2) is 27.5 Å². The normalized spacial score (nSPS) is 12.7. The summed E-state index contributed by atoms with van der Waals surface area (Å²) in [4.78, 5) is 0. The second-order valence-electron chi connectivity index (χ2n) is 3.18. The van der Waals surface area contributed by atoms with Gasteiger partial charge < -0.3 is 10.4 Å². The average molecular weight is 195 g/mol. The van der Waals surface area contributed by atoms with Crippen molar-refractivity contribution in [1.29, 1.82) is 0 Å². The molecule has 0 aliphatic carbocycles. The summed E-state index contributed by atoms with van der Waals surface area (Å²) in [6, 6.07) is 0.169. The third-order valence-electron chi connectivity index (χ3n) is 2.15. The minimum Gasteiger partial charge on any atom is -0.395 e. The first-order chi connectivity index (χ1) is 6.80. The van der Waals surface area contributed by atoms with Gasteiger partial charge in [0.2, 0.25) is 0 Å². The summed E-state index contributed by atoms with van der Waals surface area (Å²) in [6.45, 7) is 6.56. The van der Waals surface area contributed by atoms with Crippen molar-refractivity contribution in [3.63, 3.8) is 0 Å². The summed E-state index contributed by atoms with van der Waals surface area (Å²) in [5.41, 5.74) is 1.09. The molecule has 1 aromatic rings. The molecule has 0 fully saturated rings. The molecular weight excluding hydrogens is 178 g/mol. The summed E-state index contributed by atoms with van der Waals surface area (Å²) in [6.07, 6.45) is 6.27. The number of aliphatic hydroxyl groups is 1. The first-order valence-electron chi connectivity index (χ1n) is 4.80. The molecule has 1 aromatic heterocycles. The molecule has 4 nitrogen and oxygen atoms in total. The van der Waals surface area contributed by atoms with Crippen molar-refractivity contribution < 1.29 is 5.11 Å². The molecule has 0 saturated heterocycles. The lowest BCUT2D eigenvalue weighted by Gasteiger charge is -2.12. The van der Waals surface area contributed by atoms with E-state index in [0.29, 0.717) is 0 Å². The maximum Gasteiger partial charge on any atom is 0.0584 e.